The molecule has 0 aromatic heterocycles. The fourth-order valence-corrected chi connectivity index (χ4v) is 5.19. The molecule has 0 aromatic rings. The lowest BCUT2D eigenvalue weighted by molar-refractivity contribution is 0.721. The Kier molecular flexibility index (Phi) is 3.20. The van der Waals surface area contributed by atoms with Gasteiger partial charge in [0.15, 0.2) is 0 Å². The van der Waals surface area contributed by atoms with Crippen LogP contribution in [0, 0.1) is 6.58 Å². The molecule has 1 fully saturated rings. The van der Waals surface area contributed by atoms with Gasteiger partial charge in [-0.25, -0.2) is 0 Å². The van der Waals surface area contributed by atoms with Crippen LogP contribution in [0.25, 0.3) is 0 Å². The Morgan fingerprint density at radius 2 is 1.90 bits per heavy atom. The Hall–Kier alpha value is -0.0431. The second-order valence-electron chi connectivity index (χ2n) is 3.55. The summed E-state index contributed by atoms with van der Waals surface area (Å²) >= 11 is 0. The minimum atomic E-state index is -0.346. The predicted octanol–water partition coefficient (Wildman–Crippen LogP) is 2.78. The van der Waals surface area contributed by atoms with Gasteiger partial charge in [0.05, 0.1) is 0 Å². The van der Waals surface area contributed by atoms with Gasteiger partial charge in [0.2, 0.25) is 0 Å². The summed E-state index contributed by atoms with van der Waals surface area (Å²) in [5, 5.41) is 0. The van der Waals surface area contributed by atoms with Crippen molar-refractivity contribution in [2.75, 3.05) is 0 Å². The van der Waals surface area contributed by atoms with Crippen LogP contribution in [0.1, 0.15) is 26.2 Å². The molecule has 1 radical (unpaired) electrons. The molecule has 1 heteroatoms. The highest BCUT2D eigenvalue weighted by Gasteiger charge is 2.14. The Bertz CT molecular complexity index is 112. The van der Waals surface area contributed by atoms with E-state index in [1.165, 1.54) is 30.9 Å². The van der Waals surface area contributed by atoms with Crippen LogP contribution in [0.4, 0.5) is 0 Å². The second-order valence-corrected chi connectivity index (χ2v) is 6.85. The Balaban J connectivity index is 2.19. The molecule has 57 valence electrons. The minimum absolute atomic E-state index is 0.346. The fourth-order valence-electron chi connectivity index (χ4n) is 1.85. The molecule has 1 saturated heterocycles. The highest BCUT2D eigenvalue weighted by atomic mass is 28.3. The molecule has 1 heterocycles. The van der Waals surface area contributed by atoms with E-state index in [0.717, 1.165) is 0 Å². The molecular weight excluding hydrogens is 136 g/mol. The van der Waals surface area contributed by atoms with Crippen molar-refractivity contribution in [3.8, 4) is 0 Å². The first-order valence-electron chi connectivity index (χ1n) is 4.37. The second kappa shape index (κ2) is 3.97. The van der Waals surface area contributed by atoms with Gasteiger partial charge in [0.25, 0.3) is 0 Å². The van der Waals surface area contributed by atoms with E-state index in [1.807, 2.05) is 0 Å². The maximum Gasteiger partial charge on any atom is 0.0409 e. The summed E-state index contributed by atoms with van der Waals surface area (Å²) in [4.78, 5) is 0. The van der Waals surface area contributed by atoms with Crippen molar-refractivity contribution < 1.29 is 0 Å². The Labute approximate surface area is 65.9 Å². The zero-order valence-electron chi connectivity index (χ0n) is 6.90. The van der Waals surface area contributed by atoms with Crippen molar-refractivity contribution >= 4 is 8.80 Å². The summed E-state index contributed by atoms with van der Waals surface area (Å²) in [6.45, 7) is 7.75. The molecule has 10 heavy (non-hydrogen) atoms. The van der Waals surface area contributed by atoms with E-state index >= 15 is 0 Å². The normalized spacial score (nSPS) is 20.9. The number of hydrogen-bond acceptors (Lipinski definition) is 0. The fraction of sp³-hybridized carbons (Fsp3) is 0.778. The SMILES string of the molecule is [CH]=C(C)C[SiH]1CCCCC1. The van der Waals surface area contributed by atoms with Gasteiger partial charge in [0, 0.05) is 8.80 Å². The lowest BCUT2D eigenvalue weighted by Gasteiger charge is -2.19. The van der Waals surface area contributed by atoms with Crippen LogP contribution in [0.5, 0.6) is 0 Å². The molecule has 0 atom stereocenters. The van der Waals surface area contributed by atoms with Crippen LogP contribution in [0.15, 0.2) is 5.57 Å². The third-order valence-corrected chi connectivity index (χ3v) is 6.01. The molecule has 0 spiro atoms. The average Bonchev–Trinajstić information content (AvgIpc) is 1.88. The van der Waals surface area contributed by atoms with E-state index in [-0.39, 0.29) is 8.80 Å². The van der Waals surface area contributed by atoms with Crippen molar-refractivity contribution in [3.05, 3.63) is 12.2 Å². The molecule has 1 rings (SSSR count). The average molecular weight is 153 g/mol. The van der Waals surface area contributed by atoms with Gasteiger partial charge in [-0.3, -0.25) is 0 Å². The molecule has 0 bridgehead atoms. The summed E-state index contributed by atoms with van der Waals surface area (Å²) in [5.41, 5.74) is 1.18. The molecule has 0 nitrogen and oxygen atoms in total. The molecule has 0 amide bonds. The molecule has 0 N–H and O–H groups in total. The lowest BCUT2D eigenvalue weighted by atomic mass is 10.3. The first-order chi connectivity index (χ1) is 4.79. The molecular formula is C9H17Si. The molecule has 1 aliphatic heterocycles. The summed E-state index contributed by atoms with van der Waals surface area (Å²) in [6, 6.07) is 4.41. The van der Waals surface area contributed by atoms with Crippen molar-refractivity contribution in [1.29, 1.82) is 0 Å². The summed E-state index contributed by atoms with van der Waals surface area (Å²) in [5.74, 6) is 0. The van der Waals surface area contributed by atoms with Crippen LogP contribution in [-0.2, 0) is 0 Å². The summed E-state index contributed by atoms with van der Waals surface area (Å²) in [7, 11) is -0.346. The van der Waals surface area contributed by atoms with E-state index in [9.17, 15) is 0 Å². The van der Waals surface area contributed by atoms with E-state index in [4.69, 9.17) is 6.58 Å². The highest BCUT2D eigenvalue weighted by Crippen LogP contribution is 2.23. The summed E-state index contributed by atoms with van der Waals surface area (Å²) in [6.07, 6.45) is 4.46. The number of allylic oxidation sites excluding steroid dienone is 1. The topological polar surface area (TPSA) is 0 Å². The molecule has 0 aliphatic carbocycles. The molecule has 0 aromatic carbocycles. The van der Waals surface area contributed by atoms with Crippen LogP contribution in [0.3, 0.4) is 0 Å². The highest BCUT2D eigenvalue weighted by molar-refractivity contribution is 6.59. The van der Waals surface area contributed by atoms with Crippen molar-refractivity contribution in [2.24, 2.45) is 0 Å². The summed E-state index contributed by atoms with van der Waals surface area (Å²) < 4.78 is 0. The number of rotatable bonds is 2. The Morgan fingerprint density at radius 3 is 2.40 bits per heavy atom. The molecule has 0 saturated carbocycles. The molecule has 0 unspecified atom stereocenters. The van der Waals surface area contributed by atoms with Gasteiger partial charge in [0.1, 0.15) is 0 Å². The first kappa shape index (κ1) is 8.06. The van der Waals surface area contributed by atoms with Crippen LogP contribution in [-0.4, -0.2) is 8.80 Å². The van der Waals surface area contributed by atoms with Crippen molar-refractivity contribution in [2.45, 2.75) is 44.3 Å². The zero-order valence-corrected chi connectivity index (χ0v) is 8.05. The third kappa shape index (κ3) is 2.69. The third-order valence-electron chi connectivity index (χ3n) is 2.34. The van der Waals surface area contributed by atoms with E-state index < -0.39 is 0 Å². The van der Waals surface area contributed by atoms with Gasteiger partial charge in [-0.05, 0) is 13.0 Å². The van der Waals surface area contributed by atoms with Gasteiger partial charge in [-0.1, -0.05) is 43.5 Å². The first-order valence-corrected chi connectivity index (χ1v) is 6.82. The van der Waals surface area contributed by atoms with Gasteiger partial charge >= 0.3 is 0 Å². The van der Waals surface area contributed by atoms with E-state index in [2.05, 4.69) is 6.92 Å². The zero-order chi connectivity index (χ0) is 7.40. The van der Waals surface area contributed by atoms with E-state index in [0.29, 0.717) is 0 Å². The van der Waals surface area contributed by atoms with Gasteiger partial charge < -0.3 is 0 Å². The van der Waals surface area contributed by atoms with E-state index in [1.54, 1.807) is 12.1 Å². The maximum absolute atomic E-state index is 5.67. The number of hydrogen-bond donors (Lipinski definition) is 0. The van der Waals surface area contributed by atoms with Crippen LogP contribution in [0.2, 0.25) is 18.1 Å². The monoisotopic (exact) mass is 153 g/mol. The van der Waals surface area contributed by atoms with Gasteiger partial charge in [-0.15, -0.1) is 0 Å². The Morgan fingerprint density at radius 1 is 1.30 bits per heavy atom. The van der Waals surface area contributed by atoms with Gasteiger partial charge in [-0.2, -0.15) is 0 Å². The largest absolute Gasteiger partial charge is 0.0762 e. The van der Waals surface area contributed by atoms with Crippen molar-refractivity contribution in [3.63, 3.8) is 0 Å². The predicted molar refractivity (Wildman–Crippen MR) is 48.9 cm³/mol. The lowest BCUT2D eigenvalue weighted by Crippen LogP contribution is -2.15. The van der Waals surface area contributed by atoms with Crippen LogP contribution >= 0.6 is 0 Å². The maximum atomic E-state index is 5.67. The minimum Gasteiger partial charge on any atom is -0.0762 e. The van der Waals surface area contributed by atoms with Crippen LogP contribution < -0.4 is 0 Å². The quantitative estimate of drug-likeness (QED) is 0.535. The molecule has 1 aliphatic rings. The smallest absolute Gasteiger partial charge is 0.0409 e. The standard InChI is InChI=1S/C9H17Si/c1-9(2)8-10-6-4-3-5-7-10/h1,10H,3-8H2,2H3. The van der Waals surface area contributed by atoms with Crippen molar-refractivity contribution in [1.82, 2.24) is 0 Å².